The van der Waals surface area contributed by atoms with Crippen LogP contribution in [0.4, 0.5) is 0 Å². The van der Waals surface area contributed by atoms with E-state index in [0.29, 0.717) is 0 Å². The zero-order chi connectivity index (χ0) is 15.3. The van der Waals surface area contributed by atoms with Crippen LogP contribution in [0.1, 0.15) is 59.3 Å². The third-order valence-corrected chi connectivity index (χ3v) is 4.03. The minimum Gasteiger partial charge on any atom is -0.347 e. The van der Waals surface area contributed by atoms with Crippen molar-refractivity contribution in [3.63, 3.8) is 0 Å². The summed E-state index contributed by atoms with van der Waals surface area (Å²) in [6.07, 6.45) is 8.94. The predicted octanol–water partition coefficient (Wildman–Crippen LogP) is 3.51. The highest BCUT2D eigenvalue weighted by Gasteiger charge is 2.25. The van der Waals surface area contributed by atoms with Crippen LogP contribution in [0, 0.1) is 0 Å². The molecule has 0 unspecified atom stereocenters. The summed E-state index contributed by atoms with van der Waals surface area (Å²) < 4.78 is 1.17. The number of amides is 1. The molecule has 0 spiro atoms. The van der Waals surface area contributed by atoms with Gasteiger partial charge in [-0.2, -0.15) is 0 Å². The summed E-state index contributed by atoms with van der Waals surface area (Å²) in [5.74, 6) is -0.0513. The highest BCUT2D eigenvalue weighted by atomic mass is 16.1. The summed E-state index contributed by atoms with van der Waals surface area (Å²) in [4.78, 5) is 11.3. The molecular weight excluding hydrogens is 248 g/mol. The van der Waals surface area contributed by atoms with Gasteiger partial charge < -0.3 is 9.80 Å². The molecule has 0 aromatic heterocycles. The molecule has 0 aliphatic rings. The fourth-order valence-electron chi connectivity index (χ4n) is 2.64. The van der Waals surface area contributed by atoms with E-state index in [2.05, 4.69) is 32.7 Å². The standard InChI is InChI=1S/C17H34N2O/c1-5-9-13-19(14-10-6-2,15-11-7-3)16-12-18-17(20)8-4/h8H,4-7,9-16H2,1-3H3/p+1. The predicted molar refractivity (Wildman–Crippen MR) is 87.7 cm³/mol. The van der Waals surface area contributed by atoms with Crippen molar-refractivity contribution in [2.75, 3.05) is 32.7 Å². The van der Waals surface area contributed by atoms with Crippen LogP contribution in [0.3, 0.4) is 0 Å². The molecule has 0 radical (unpaired) electrons. The Kier molecular flexibility index (Phi) is 11.5. The van der Waals surface area contributed by atoms with Gasteiger partial charge in [0.1, 0.15) is 0 Å². The second-order valence-corrected chi connectivity index (χ2v) is 5.79. The molecule has 1 amide bonds. The topological polar surface area (TPSA) is 29.1 Å². The summed E-state index contributed by atoms with van der Waals surface area (Å²) in [5.41, 5.74) is 0. The lowest BCUT2D eigenvalue weighted by atomic mass is 10.1. The van der Waals surface area contributed by atoms with Crippen molar-refractivity contribution in [3.05, 3.63) is 12.7 Å². The molecule has 0 aliphatic carbocycles. The van der Waals surface area contributed by atoms with Crippen molar-refractivity contribution in [1.82, 2.24) is 5.32 Å². The molecule has 1 N–H and O–H groups in total. The summed E-state index contributed by atoms with van der Waals surface area (Å²) in [6, 6.07) is 0. The smallest absolute Gasteiger partial charge is 0.243 e. The molecule has 3 heteroatoms. The van der Waals surface area contributed by atoms with Crippen LogP contribution in [0.15, 0.2) is 12.7 Å². The van der Waals surface area contributed by atoms with Crippen molar-refractivity contribution in [2.45, 2.75) is 59.3 Å². The van der Waals surface area contributed by atoms with Crippen LogP contribution >= 0.6 is 0 Å². The lowest BCUT2D eigenvalue weighted by Crippen LogP contribution is -2.53. The van der Waals surface area contributed by atoms with E-state index in [-0.39, 0.29) is 5.91 Å². The monoisotopic (exact) mass is 283 g/mol. The normalized spacial score (nSPS) is 11.3. The van der Waals surface area contributed by atoms with Crippen molar-refractivity contribution in [3.8, 4) is 0 Å². The average Bonchev–Trinajstić information content (AvgIpc) is 2.48. The zero-order valence-corrected chi connectivity index (χ0v) is 13.9. The van der Waals surface area contributed by atoms with Gasteiger partial charge in [0, 0.05) is 0 Å². The first kappa shape index (κ1) is 19.2. The first-order valence-corrected chi connectivity index (χ1v) is 8.39. The first-order chi connectivity index (χ1) is 9.64. The maximum atomic E-state index is 11.3. The zero-order valence-electron chi connectivity index (χ0n) is 13.9. The van der Waals surface area contributed by atoms with Gasteiger partial charge in [-0.3, -0.25) is 4.79 Å². The average molecular weight is 283 g/mol. The SMILES string of the molecule is C=CC(=O)NCC[N+](CCCC)(CCCC)CCCC. The first-order valence-electron chi connectivity index (χ1n) is 8.39. The van der Waals surface area contributed by atoms with Crippen LogP contribution in [-0.2, 0) is 4.79 Å². The summed E-state index contributed by atoms with van der Waals surface area (Å²) in [5, 5.41) is 2.94. The molecule has 0 aliphatic heterocycles. The van der Waals surface area contributed by atoms with Crippen molar-refractivity contribution in [2.24, 2.45) is 0 Å². The molecule has 0 saturated heterocycles. The summed E-state index contributed by atoms with van der Waals surface area (Å²) in [6.45, 7) is 15.9. The lowest BCUT2D eigenvalue weighted by Gasteiger charge is -2.39. The quantitative estimate of drug-likeness (QED) is 0.407. The third-order valence-electron chi connectivity index (χ3n) is 4.03. The molecule has 0 heterocycles. The Morgan fingerprint density at radius 1 is 0.950 bits per heavy atom. The van der Waals surface area contributed by atoms with E-state index in [4.69, 9.17) is 0 Å². The molecule has 0 rings (SSSR count). The Balaban J connectivity index is 4.56. The number of rotatable bonds is 13. The maximum absolute atomic E-state index is 11.3. The number of quaternary nitrogens is 1. The van der Waals surface area contributed by atoms with E-state index in [1.165, 1.54) is 68.7 Å². The van der Waals surface area contributed by atoms with Gasteiger partial charge in [0.15, 0.2) is 0 Å². The molecule has 118 valence electrons. The van der Waals surface area contributed by atoms with Gasteiger partial charge in [0.05, 0.1) is 32.7 Å². The van der Waals surface area contributed by atoms with Gasteiger partial charge in [-0.1, -0.05) is 46.6 Å². The Morgan fingerprint density at radius 3 is 1.75 bits per heavy atom. The second-order valence-electron chi connectivity index (χ2n) is 5.79. The number of hydrogen-bond donors (Lipinski definition) is 1. The molecular formula is C17H35N2O+. The van der Waals surface area contributed by atoms with E-state index in [1.54, 1.807) is 0 Å². The van der Waals surface area contributed by atoms with Crippen molar-refractivity contribution >= 4 is 5.91 Å². The van der Waals surface area contributed by atoms with E-state index >= 15 is 0 Å². The number of nitrogens with one attached hydrogen (secondary N) is 1. The highest BCUT2D eigenvalue weighted by Crippen LogP contribution is 2.14. The minimum atomic E-state index is -0.0513. The molecule has 0 atom stereocenters. The Labute approximate surface area is 126 Å². The number of carbonyl (C=O) groups excluding carboxylic acids is 1. The van der Waals surface area contributed by atoms with Gasteiger partial charge in [0.25, 0.3) is 0 Å². The fourth-order valence-corrected chi connectivity index (χ4v) is 2.64. The molecule has 0 aromatic carbocycles. The van der Waals surface area contributed by atoms with E-state index in [0.717, 1.165) is 13.1 Å². The van der Waals surface area contributed by atoms with E-state index < -0.39 is 0 Å². The fraction of sp³-hybridized carbons (Fsp3) is 0.824. The van der Waals surface area contributed by atoms with Crippen LogP contribution in [0.2, 0.25) is 0 Å². The van der Waals surface area contributed by atoms with E-state index in [1.807, 2.05) is 0 Å². The third kappa shape index (κ3) is 8.36. The van der Waals surface area contributed by atoms with Crippen LogP contribution in [0.5, 0.6) is 0 Å². The van der Waals surface area contributed by atoms with Gasteiger partial charge in [-0.05, 0) is 25.3 Å². The highest BCUT2D eigenvalue weighted by molar-refractivity contribution is 5.86. The number of carbonyl (C=O) groups is 1. The van der Waals surface area contributed by atoms with Crippen molar-refractivity contribution in [1.29, 1.82) is 0 Å². The molecule has 3 nitrogen and oxygen atoms in total. The molecule has 0 saturated carbocycles. The molecule has 0 fully saturated rings. The van der Waals surface area contributed by atoms with Crippen LogP contribution < -0.4 is 5.32 Å². The number of unbranched alkanes of at least 4 members (excludes halogenated alkanes) is 3. The second kappa shape index (κ2) is 12.0. The van der Waals surface area contributed by atoms with Gasteiger partial charge in [0.2, 0.25) is 5.91 Å². The summed E-state index contributed by atoms with van der Waals surface area (Å²) in [7, 11) is 0. The lowest BCUT2D eigenvalue weighted by molar-refractivity contribution is -0.927. The molecule has 20 heavy (non-hydrogen) atoms. The Hall–Kier alpha value is -0.830. The van der Waals surface area contributed by atoms with Gasteiger partial charge >= 0.3 is 0 Å². The Morgan fingerprint density at radius 2 is 1.40 bits per heavy atom. The van der Waals surface area contributed by atoms with Gasteiger partial charge in [-0.25, -0.2) is 0 Å². The van der Waals surface area contributed by atoms with E-state index in [9.17, 15) is 4.79 Å². The molecule has 0 aromatic rings. The summed E-state index contributed by atoms with van der Waals surface area (Å²) >= 11 is 0. The maximum Gasteiger partial charge on any atom is 0.243 e. The number of hydrogen-bond acceptors (Lipinski definition) is 1. The van der Waals surface area contributed by atoms with Crippen LogP contribution in [0.25, 0.3) is 0 Å². The number of nitrogens with zero attached hydrogens (tertiary/aromatic N) is 1. The van der Waals surface area contributed by atoms with Crippen molar-refractivity contribution < 1.29 is 9.28 Å². The minimum absolute atomic E-state index is 0.0513. The van der Waals surface area contributed by atoms with Gasteiger partial charge in [-0.15, -0.1) is 0 Å². The molecule has 0 bridgehead atoms. The Bertz CT molecular complexity index is 242. The largest absolute Gasteiger partial charge is 0.347 e. The van der Waals surface area contributed by atoms with Crippen LogP contribution in [-0.4, -0.2) is 43.1 Å².